The van der Waals surface area contributed by atoms with Crippen LogP contribution in [0, 0.1) is 11.7 Å². The first kappa shape index (κ1) is 18.3. The second kappa shape index (κ2) is 7.83. The summed E-state index contributed by atoms with van der Waals surface area (Å²) in [6.07, 6.45) is 5.55. The Morgan fingerprint density at radius 1 is 1.32 bits per heavy atom. The minimum Gasteiger partial charge on any atom is -0.389 e. The molecule has 0 spiro atoms. The van der Waals surface area contributed by atoms with Crippen molar-refractivity contribution < 1.29 is 14.3 Å². The lowest BCUT2D eigenvalue weighted by Gasteiger charge is -2.52. The Labute approximate surface area is 149 Å². The Morgan fingerprint density at radius 3 is 2.80 bits per heavy atom. The molecule has 1 aliphatic heterocycles. The van der Waals surface area contributed by atoms with E-state index in [4.69, 9.17) is 0 Å². The number of nitrogens with zero attached hydrogens (tertiary/aromatic N) is 1. The van der Waals surface area contributed by atoms with E-state index in [1.54, 1.807) is 12.1 Å². The first-order valence-electron chi connectivity index (χ1n) is 9.52. The van der Waals surface area contributed by atoms with Crippen molar-refractivity contribution in [3.05, 3.63) is 35.6 Å². The van der Waals surface area contributed by atoms with Gasteiger partial charge >= 0.3 is 0 Å². The Bertz CT molecular complexity index is 592. The number of amides is 1. The fraction of sp³-hybridized carbons (Fsp3) is 0.650. The average molecular weight is 348 g/mol. The van der Waals surface area contributed by atoms with Gasteiger partial charge in [0.25, 0.3) is 0 Å². The number of carbonyl (C=O) groups excluding carboxylic acids is 1. The fourth-order valence-corrected chi connectivity index (χ4v) is 4.53. The van der Waals surface area contributed by atoms with E-state index in [1.807, 2.05) is 6.92 Å². The smallest absolute Gasteiger partial charge is 0.234 e. The van der Waals surface area contributed by atoms with Crippen molar-refractivity contribution in [3.8, 4) is 0 Å². The lowest BCUT2D eigenvalue weighted by atomic mass is 9.66. The van der Waals surface area contributed by atoms with E-state index >= 15 is 0 Å². The number of hydrogen-bond donors (Lipinski definition) is 2. The normalized spacial score (nSPS) is 29.9. The van der Waals surface area contributed by atoms with Gasteiger partial charge < -0.3 is 10.4 Å². The highest BCUT2D eigenvalue weighted by Gasteiger charge is 2.49. The molecule has 2 N–H and O–H groups in total. The van der Waals surface area contributed by atoms with Crippen molar-refractivity contribution in [2.75, 3.05) is 19.6 Å². The Balaban J connectivity index is 1.85. The standard InChI is InChI=1S/C20H29FN2O2/c1-2-12-22-18(24)14-23-13-11-20(25)10-4-3-5-17(20)19(23)15-6-8-16(21)9-7-15/h6-9,17,19,25H,2-5,10-14H2,1H3,(H,22,24). The van der Waals surface area contributed by atoms with E-state index in [0.29, 0.717) is 26.1 Å². The minimum absolute atomic E-state index is 0.0233. The van der Waals surface area contributed by atoms with Crippen molar-refractivity contribution in [1.82, 2.24) is 10.2 Å². The van der Waals surface area contributed by atoms with Gasteiger partial charge in [-0.3, -0.25) is 9.69 Å². The summed E-state index contributed by atoms with van der Waals surface area (Å²) in [6.45, 7) is 3.73. The Morgan fingerprint density at radius 2 is 2.08 bits per heavy atom. The summed E-state index contributed by atoms with van der Waals surface area (Å²) in [5.41, 5.74) is 0.336. The van der Waals surface area contributed by atoms with E-state index in [1.165, 1.54) is 12.1 Å². The van der Waals surface area contributed by atoms with Gasteiger partial charge in [-0.15, -0.1) is 0 Å². The summed E-state index contributed by atoms with van der Waals surface area (Å²) in [5, 5.41) is 14.1. The van der Waals surface area contributed by atoms with Crippen molar-refractivity contribution in [1.29, 1.82) is 0 Å². The van der Waals surface area contributed by atoms with Crippen molar-refractivity contribution in [3.63, 3.8) is 0 Å². The number of carbonyl (C=O) groups is 1. The number of fused-ring (bicyclic) bond motifs is 1. The molecule has 138 valence electrons. The van der Waals surface area contributed by atoms with Crippen molar-refractivity contribution in [2.45, 2.75) is 57.1 Å². The van der Waals surface area contributed by atoms with Crippen LogP contribution in [0.25, 0.3) is 0 Å². The number of rotatable bonds is 5. The van der Waals surface area contributed by atoms with Crippen LogP contribution in [0.3, 0.4) is 0 Å². The minimum atomic E-state index is -0.659. The SMILES string of the molecule is CCCNC(=O)CN1CCC2(O)CCCCC2C1c1ccc(F)cc1. The third-order valence-electron chi connectivity index (χ3n) is 5.80. The number of hydrogen-bond acceptors (Lipinski definition) is 3. The summed E-state index contributed by atoms with van der Waals surface area (Å²) < 4.78 is 13.4. The molecule has 25 heavy (non-hydrogen) atoms. The van der Waals surface area contributed by atoms with Gasteiger partial charge in [-0.1, -0.05) is 31.9 Å². The van der Waals surface area contributed by atoms with Crippen LogP contribution in [0.2, 0.25) is 0 Å². The highest BCUT2D eigenvalue weighted by molar-refractivity contribution is 5.78. The van der Waals surface area contributed by atoms with Crippen LogP contribution in [-0.4, -0.2) is 41.1 Å². The van der Waals surface area contributed by atoms with Crippen LogP contribution in [-0.2, 0) is 4.79 Å². The zero-order valence-electron chi connectivity index (χ0n) is 15.0. The average Bonchev–Trinajstić information content (AvgIpc) is 2.61. The second-order valence-electron chi connectivity index (χ2n) is 7.52. The number of halogens is 1. The molecule has 0 aromatic heterocycles. The van der Waals surface area contributed by atoms with E-state index in [2.05, 4.69) is 10.2 Å². The molecule has 1 amide bonds. The first-order valence-corrected chi connectivity index (χ1v) is 9.52. The van der Waals surface area contributed by atoms with Crippen LogP contribution in [0.1, 0.15) is 57.1 Å². The molecule has 3 atom stereocenters. The lowest BCUT2D eigenvalue weighted by Crippen LogP contribution is -2.56. The molecule has 1 saturated heterocycles. The lowest BCUT2D eigenvalue weighted by molar-refractivity contribution is -0.137. The maximum absolute atomic E-state index is 13.4. The van der Waals surface area contributed by atoms with Crippen molar-refractivity contribution >= 4 is 5.91 Å². The van der Waals surface area contributed by atoms with Gasteiger partial charge in [0.2, 0.25) is 5.91 Å². The molecular formula is C20H29FN2O2. The van der Waals surface area contributed by atoms with Crippen LogP contribution in [0.4, 0.5) is 4.39 Å². The summed E-state index contributed by atoms with van der Waals surface area (Å²) >= 11 is 0. The Hall–Kier alpha value is -1.46. The molecule has 4 nitrogen and oxygen atoms in total. The van der Waals surface area contributed by atoms with E-state index < -0.39 is 5.60 Å². The maximum Gasteiger partial charge on any atom is 0.234 e. The highest BCUT2D eigenvalue weighted by Crippen LogP contribution is 2.49. The third-order valence-corrected chi connectivity index (χ3v) is 5.80. The number of aliphatic hydroxyl groups is 1. The summed E-state index contributed by atoms with van der Waals surface area (Å²) in [4.78, 5) is 14.4. The molecule has 2 fully saturated rings. The predicted octanol–water partition coefficient (Wildman–Crippen LogP) is 3.02. The predicted molar refractivity (Wildman–Crippen MR) is 95.5 cm³/mol. The van der Waals surface area contributed by atoms with Gasteiger partial charge in [0.15, 0.2) is 0 Å². The number of likely N-dealkylation sites (tertiary alicyclic amines) is 1. The molecule has 1 aliphatic carbocycles. The van der Waals surface area contributed by atoms with Gasteiger partial charge in [0.05, 0.1) is 12.1 Å². The molecule has 1 aromatic rings. The molecule has 3 unspecified atom stereocenters. The monoisotopic (exact) mass is 348 g/mol. The topological polar surface area (TPSA) is 52.6 Å². The van der Waals surface area contributed by atoms with Crippen LogP contribution >= 0.6 is 0 Å². The molecule has 5 heteroatoms. The van der Waals surface area contributed by atoms with Gasteiger partial charge in [-0.25, -0.2) is 4.39 Å². The summed E-state index contributed by atoms with van der Waals surface area (Å²) in [5.74, 6) is -0.139. The van der Waals surface area contributed by atoms with E-state index in [9.17, 15) is 14.3 Å². The molecule has 1 heterocycles. The fourth-order valence-electron chi connectivity index (χ4n) is 4.53. The van der Waals surface area contributed by atoms with Gasteiger partial charge in [-0.2, -0.15) is 0 Å². The maximum atomic E-state index is 13.4. The largest absolute Gasteiger partial charge is 0.389 e. The van der Waals surface area contributed by atoms with Gasteiger partial charge in [0, 0.05) is 25.0 Å². The van der Waals surface area contributed by atoms with Crippen LogP contribution in [0.15, 0.2) is 24.3 Å². The Kier molecular flexibility index (Phi) is 5.74. The molecular weight excluding hydrogens is 319 g/mol. The first-order chi connectivity index (χ1) is 12.0. The van der Waals surface area contributed by atoms with Crippen molar-refractivity contribution in [2.24, 2.45) is 5.92 Å². The summed E-state index contributed by atoms with van der Waals surface area (Å²) in [7, 11) is 0. The molecule has 1 saturated carbocycles. The van der Waals surface area contributed by atoms with Gasteiger partial charge in [-0.05, 0) is 43.4 Å². The molecule has 2 aliphatic rings. The molecule has 0 bridgehead atoms. The number of piperidine rings is 1. The number of nitrogens with one attached hydrogen (secondary N) is 1. The summed E-state index contributed by atoms with van der Waals surface area (Å²) in [6, 6.07) is 6.52. The van der Waals surface area contributed by atoms with Crippen LogP contribution in [0.5, 0.6) is 0 Å². The molecule has 3 rings (SSSR count). The van der Waals surface area contributed by atoms with Crippen LogP contribution < -0.4 is 5.32 Å². The highest BCUT2D eigenvalue weighted by atomic mass is 19.1. The van der Waals surface area contributed by atoms with E-state index in [-0.39, 0.29) is 23.7 Å². The zero-order chi connectivity index (χ0) is 17.9. The third kappa shape index (κ3) is 4.04. The number of benzene rings is 1. The molecule has 0 radical (unpaired) electrons. The second-order valence-corrected chi connectivity index (χ2v) is 7.52. The van der Waals surface area contributed by atoms with Gasteiger partial charge in [0.1, 0.15) is 5.82 Å². The quantitative estimate of drug-likeness (QED) is 0.860. The molecule has 1 aromatic carbocycles. The van der Waals surface area contributed by atoms with E-state index in [0.717, 1.165) is 37.7 Å². The zero-order valence-corrected chi connectivity index (χ0v) is 15.0.